The van der Waals surface area contributed by atoms with Gasteiger partial charge in [0.25, 0.3) is 0 Å². The lowest BCUT2D eigenvalue weighted by Crippen LogP contribution is -2.45. The van der Waals surface area contributed by atoms with E-state index in [9.17, 15) is 14.4 Å². The maximum atomic E-state index is 12.3. The molecule has 0 fully saturated rings. The summed E-state index contributed by atoms with van der Waals surface area (Å²) >= 11 is 2.83. The van der Waals surface area contributed by atoms with Crippen molar-refractivity contribution in [3.63, 3.8) is 0 Å². The van der Waals surface area contributed by atoms with Crippen molar-refractivity contribution in [3.8, 4) is 11.5 Å². The van der Waals surface area contributed by atoms with Gasteiger partial charge in [0.1, 0.15) is 23.2 Å². The minimum atomic E-state index is -0.732. The van der Waals surface area contributed by atoms with E-state index in [1.54, 1.807) is 48.7 Å². The highest BCUT2D eigenvalue weighted by atomic mass is 32.1. The van der Waals surface area contributed by atoms with E-state index in [1.807, 2.05) is 26.8 Å². The average molecular weight is 571 g/mol. The van der Waals surface area contributed by atoms with Crippen molar-refractivity contribution in [3.05, 3.63) is 22.8 Å². The minimum absolute atomic E-state index is 0.0317. The van der Waals surface area contributed by atoms with Crippen molar-refractivity contribution >= 4 is 37.0 Å². The standard InChI is InChI=1S/C26H42N4O7.OS/c1-16-14-20(34-10)17(2)18(3)21(16)37-30-22(29-24(33)36-26(7,8)9)27-13-11-12-19(15-31)28-23(32)35-25(4,5)6;1-2/h14-15,19H,11-13H2,1-10H3,(H,28,32)(H2,27,29,30,33);/t19-;/m0./s1. The quantitative estimate of drug-likeness (QED) is 0.131. The van der Waals surface area contributed by atoms with Crippen LogP contribution >= 0.6 is 0 Å². The van der Waals surface area contributed by atoms with Crippen molar-refractivity contribution < 1.29 is 37.6 Å². The number of hydroxylamine groups is 1. The average Bonchev–Trinajstić information content (AvgIpc) is 2.81. The second-order valence-electron chi connectivity index (χ2n) is 10.6. The first-order valence-electron chi connectivity index (χ1n) is 12.3. The number of methoxy groups -OCH3 is 1. The minimum Gasteiger partial charge on any atom is -0.496 e. The van der Waals surface area contributed by atoms with E-state index in [0.717, 1.165) is 22.4 Å². The molecule has 220 valence electrons. The van der Waals surface area contributed by atoms with Gasteiger partial charge in [-0.05, 0) is 92.3 Å². The molecule has 0 aromatic heterocycles. The van der Waals surface area contributed by atoms with Crippen LogP contribution in [-0.2, 0) is 26.8 Å². The number of guanidine groups is 1. The van der Waals surface area contributed by atoms with E-state index in [-0.39, 0.29) is 12.5 Å². The largest absolute Gasteiger partial charge is 0.496 e. The molecule has 39 heavy (non-hydrogen) atoms. The molecule has 1 aromatic rings. The Bertz CT molecular complexity index is 1000. The topological polar surface area (TPSA) is 154 Å². The molecule has 1 rings (SSSR count). The fourth-order valence-corrected chi connectivity index (χ4v) is 3.12. The predicted octanol–water partition coefficient (Wildman–Crippen LogP) is 3.92. The number of aliphatic imine (C=N–C) groups is 1. The number of ether oxygens (including phenoxy) is 3. The van der Waals surface area contributed by atoms with Crippen LogP contribution in [0.4, 0.5) is 9.59 Å². The number of nitrogens with one attached hydrogen (secondary N) is 3. The van der Waals surface area contributed by atoms with Gasteiger partial charge in [-0.2, -0.15) is 9.69 Å². The molecule has 12 nitrogen and oxygen atoms in total. The number of carbonyl (C=O) groups excluding carboxylic acids is 3. The highest BCUT2D eigenvalue weighted by molar-refractivity contribution is 7.44. The summed E-state index contributed by atoms with van der Waals surface area (Å²) < 4.78 is 23.7. The number of amides is 2. The third kappa shape index (κ3) is 14.3. The van der Waals surface area contributed by atoms with E-state index in [1.165, 1.54) is 0 Å². The molecule has 0 unspecified atom stereocenters. The van der Waals surface area contributed by atoms with E-state index < -0.39 is 29.4 Å². The summed E-state index contributed by atoms with van der Waals surface area (Å²) in [5, 5.41) is 5.07. The van der Waals surface area contributed by atoms with Gasteiger partial charge in [-0.15, -0.1) is 0 Å². The van der Waals surface area contributed by atoms with E-state index in [4.69, 9.17) is 23.3 Å². The van der Waals surface area contributed by atoms with Crippen molar-refractivity contribution in [1.29, 1.82) is 0 Å². The lowest BCUT2D eigenvalue weighted by molar-refractivity contribution is -0.109. The van der Waals surface area contributed by atoms with Gasteiger partial charge >= 0.3 is 12.2 Å². The lowest BCUT2D eigenvalue weighted by atomic mass is 10.0. The van der Waals surface area contributed by atoms with Crippen molar-refractivity contribution in [1.82, 2.24) is 16.1 Å². The number of nitrogens with zero attached hydrogens (tertiary/aromatic N) is 1. The smallest absolute Gasteiger partial charge is 0.414 e. The Kier molecular flexibility index (Phi) is 15.0. The summed E-state index contributed by atoms with van der Waals surface area (Å²) in [6, 6.07) is 1.12. The van der Waals surface area contributed by atoms with Gasteiger partial charge in [-0.25, -0.2) is 9.59 Å². The Balaban J connectivity index is 0.00000704. The molecule has 0 heterocycles. The van der Waals surface area contributed by atoms with Crippen LogP contribution in [-0.4, -0.2) is 59.5 Å². The molecule has 0 saturated carbocycles. The Morgan fingerprint density at radius 2 is 1.56 bits per heavy atom. The Labute approximate surface area is 236 Å². The molecule has 0 aliphatic carbocycles. The third-order valence-corrected chi connectivity index (χ3v) is 4.88. The third-order valence-electron chi connectivity index (χ3n) is 4.88. The number of benzene rings is 1. The zero-order valence-electron chi connectivity index (χ0n) is 24.5. The van der Waals surface area contributed by atoms with Crippen molar-refractivity contribution in [2.45, 2.75) is 92.4 Å². The molecular formula is C26H42N4O8S. The van der Waals surface area contributed by atoms with Gasteiger partial charge in [0.05, 0.1) is 13.2 Å². The van der Waals surface area contributed by atoms with Crippen LogP contribution < -0.4 is 25.7 Å². The van der Waals surface area contributed by atoms with E-state index in [0.29, 0.717) is 24.9 Å². The van der Waals surface area contributed by atoms with Crippen LogP contribution in [0.15, 0.2) is 11.1 Å². The number of aldehydes is 1. The van der Waals surface area contributed by atoms with Crippen LogP contribution in [0.2, 0.25) is 0 Å². The van der Waals surface area contributed by atoms with Gasteiger partial charge in [-0.1, -0.05) is 0 Å². The molecule has 0 radical (unpaired) electrons. The Morgan fingerprint density at radius 1 is 1.00 bits per heavy atom. The lowest BCUT2D eigenvalue weighted by Gasteiger charge is -2.22. The fraction of sp³-hybridized carbons (Fsp3) is 0.615. The molecule has 2 amide bonds. The molecular weight excluding hydrogens is 528 g/mol. The number of carbonyl (C=O) groups is 3. The van der Waals surface area contributed by atoms with Crippen LogP contribution in [0.1, 0.15) is 71.1 Å². The maximum absolute atomic E-state index is 12.3. The number of hydrogen-bond donors (Lipinski definition) is 3. The zero-order chi connectivity index (χ0) is 30.4. The molecule has 0 spiro atoms. The van der Waals surface area contributed by atoms with Gasteiger partial charge in [0.2, 0.25) is 5.96 Å². The second-order valence-corrected chi connectivity index (χ2v) is 10.6. The van der Waals surface area contributed by atoms with Gasteiger partial charge in [0, 0.05) is 12.1 Å². The molecule has 0 bridgehead atoms. The first-order valence-corrected chi connectivity index (χ1v) is 12.6. The van der Waals surface area contributed by atoms with E-state index >= 15 is 0 Å². The van der Waals surface area contributed by atoms with Crippen LogP contribution in [0.5, 0.6) is 11.5 Å². The Hall–Kier alpha value is -3.48. The second kappa shape index (κ2) is 16.5. The first-order chi connectivity index (χ1) is 18.1. The van der Waals surface area contributed by atoms with Crippen molar-refractivity contribution in [2.24, 2.45) is 4.99 Å². The molecule has 1 atom stereocenters. The Morgan fingerprint density at radius 3 is 2.08 bits per heavy atom. The highest BCUT2D eigenvalue weighted by Crippen LogP contribution is 2.32. The summed E-state index contributed by atoms with van der Waals surface area (Å²) in [4.78, 5) is 45.8. The van der Waals surface area contributed by atoms with Crippen molar-refractivity contribution in [2.75, 3.05) is 13.7 Å². The van der Waals surface area contributed by atoms with Crippen LogP contribution in [0.25, 0.3) is 0 Å². The fourth-order valence-electron chi connectivity index (χ4n) is 3.12. The predicted molar refractivity (Wildman–Crippen MR) is 149 cm³/mol. The van der Waals surface area contributed by atoms with Crippen LogP contribution in [0, 0.1) is 20.8 Å². The molecule has 3 N–H and O–H groups in total. The van der Waals surface area contributed by atoms with Gasteiger partial charge in [-0.3, -0.25) is 10.3 Å². The molecule has 1 aromatic carbocycles. The molecule has 0 aliphatic rings. The summed E-state index contributed by atoms with van der Waals surface area (Å²) in [7, 11) is 1.60. The SMILES string of the molecule is COc1cc(C)c(ONC(=NCCC[C@@H](C=O)NC(=O)OC(C)(C)C)NC(=O)OC(C)(C)C)c(C)c1C.O=S. The number of alkyl carbamates (subject to hydrolysis) is 2. The monoisotopic (exact) mass is 570 g/mol. The maximum Gasteiger partial charge on any atom is 0.414 e. The first kappa shape index (κ1) is 35.5. The highest BCUT2D eigenvalue weighted by Gasteiger charge is 2.20. The normalized spacial score (nSPS) is 12.2. The summed E-state index contributed by atoms with van der Waals surface area (Å²) in [5.74, 6) is 1.34. The number of hydrogen-bond acceptors (Lipinski definition) is 10. The van der Waals surface area contributed by atoms with E-state index in [2.05, 4.69) is 33.6 Å². The van der Waals surface area contributed by atoms with Gasteiger partial charge in [0.15, 0.2) is 18.3 Å². The van der Waals surface area contributed by atoms with Gasteiger partial charge < -0.3 is 29.2 Å². The summed E-state index contributed by atoms with van der Waals surface area (Å²) in [6.07, 6.45) is 0.0184. The molecule has 0 saturated heterocycles. The zero-order valence-corrected chi connectivity index (χ0v) is 25.3. The number of aryl methyl sites for hydroxylation is 1. The molecule has 13 heteroatoms. The summed E-state index contributed by atoms with van der Waals surface area (Å²) in [5.41, 5.74) is 3.92. The van der Waals surface area contributed by atoms with Crippen LogP contribution in [0.3, 0.4) is 0 Å². The molecule has 0 aliphatic heterocycles. The summed E-state index contributed by atoms with van der Waals surface area (Å²) in [6.45, 7) is 16.4. The number of rotatable bonds is 9.